The molecule has 0 aromatic heterocycles. The highest BCUT2D eigenvalue weighted by atomic mass is 35.5. The van der Waals surface area contributed by atoms with E-state index < -0.39 is 0 Å². The summed E-state index contributed by atoms with van der Waals surface area (Å²) in [6.45, 7) is 1.61. The smallest absolute Gasteiger partial charge is 0.320 e. The van der Waals surface area contributed by atoms with Gasteiger partial charge in [-0.25, -0.2) is 4.79 Å². The predicted molar refractivity (Wildman–Crippen MR) is 103 cm³/mol. The summed E-state index contributed by atoms with van der Waals surface area (Å²) in [4.78, 5) is 29.4. The minimum Gasteiger partial charge on any atom is -0.369 e. The first-order chi connectivity index (χ1) is 12.9. The second-order valence-corrected chi connectivity index (χ2v) is 9.41. The fourth-order valence-electron chi connectivity index (χ4n) is 6.20. The monoisotopic (exact) mass is 387 g/mol. The molecular weight excluding hydrogens is 362 g/mol. The van der Waals surface area contributed by atoms with Crippen molar-refractivity contribution in [3.63, 3.8) is 0 Å². The van der Waals surface area contributed by atoms with E-state index in [0.717, 1.165) is 63.1 Å². The van der Waals surface area contributed by atoms with Crippen LogP contribution in [0.15, 0.2) is 24.3 Å². The lowest BCUT2D eigenvalue weighted by atomic mass is 9.56. The van der Waals surface area contributed by atoms with Crippen LogP contribution in [0, 0.1) is 5.41 Å². The number of nitrogens with two attached hydrogens (primary N) is 1. The number of urea groups is 1. The van der Waals surface area contributed by atoms with Crippen LogP contribution in [0.5, 0.6) is 0 Å². The number of primary amides is 1. The maximum Gasteiger partial charge on any atom is 0.320 e. The van der Waals surface area contributed by atoms with Gasteiger partial charge < -0.3 is 15.5 Å². The van der Waals surface area contributed by atoms with Gasteiger partial charge in [-0.3, -0.25) is 4.79 Å². The van der Waals surface area contributed by atoms with Crippen LogP contribution < -0.4 is 5.73 Å². The number of hydrogen-bond donors (Lipinski definition) is 1. The van der Waals surface area contributed by atoms with E-state index in [1.807, 2.05) is 18.2 Å². The number of amides is 3. The van der Waals surface area contributed by atoms with E-state index in [-0.39, 0.29) is 28.9 Å². The normalized spacial score (nSPS) is 37.7. The predicted octanol–water partition coefficient (Wildman–Crippen LogP) is 3.51. The van der Waals surface area contributed by atoms with Crippen molar-refractivity contribution in [2.24, 2.45) is 11.1 Å². The van der Waals surface area contributed by atoms with Crippen LogP contribution in [0.4, 0.5) is 4.79 Å². The van der Waals surface area contributed by atoms with Gasteiger partial charge in [-0.1, -0.05) is 23.7 Å². The van der Waals surface area contributed by atoms with Crippen LogP contribution in [0.2, 0.25) is 5.02 Å². The molecule has 1 aromatic rings. The van der Waals surface area contributed by atoms with Crippen LogP contribution in [-0.4, -0.2) is 46.4 Å². The van der Waals surface area contributed by atoms with Gasteiger partial charge in [-0.15, -0.1) is 0 Å². The van der Waals surface area contributed by atoms with Gasteiger partial charge in [-0.2, -0.15) is 0 Å². The Morgan fingerprint density at radius 1 is 1.15 bits per heavy atom. The molecule has 3 saturated carbocycles. The summed E-state index contributed by atoms with van der Waals surface area (Å²) in [5, 5.41) is 0.757. The zero-order valence-electron chi connectivity index (χ0n) is 15.5. The van der Waals surface area contributed by atoms with E-state index in [1.165, 1.54) is 5.56 Å². The molecule has 2 aliphatic heterocycles. The number of halogens is 1. The first-order valence-corrected chi connectivity index (χ1v) is 10.5. The fourth-order valence-corrected chi connectivity index (χ4v) is 6.40. The lowest BCUT2D eigenvalue weighted by Gasteiger charge is -2.55. The van der Waals surface area contributed by atoms with E-state index >= 15 is 0 Å². The SMILES string of the molecule is NC(=O)C12CCC(N3CC4[C@@H](c5cccc(Cl)c5)CCN4C3=O)(CC1)CC2. The minimum atomic E-state index is -0.315. The molecular formula is C21H26ClN3O2. The van der Waals surface area contributed by atoms with Crippen LogP contribution in [0.1, 0.15) is 56.4 Å². The average Bonchev–Trinajstić information content (AvgIpc) is 3.24. The molecule has 5 fully saturated rings. The number of fused-ring (bicyclic) bond motifs is 4. The van der Waals surface area contributed by atoms with Crippen molar-refractivity contribution >= 4 is 23.5 Å². The average molecular weight is 388 g/mol. The van der Waals surface area contributed by atoms with Crippen molar-refractivity contribution < 1.29 is 9.59 Å². The topological polar surface area (TPSA) is 66.6 Å². The molecule has 0 spiro atoms. The Balaban J connectivity index is 1.38. The van der Waals surface area contributed by atoms with E-state index in [0.29, 0.717) is 5.92 Å². The largest absolute Gasteiger partial charge is 0.369 e. The number of benzene rings is 1. The second kappa shape index (κ2) is 5.87. The van der Waals surface area contributed by atoms with E-state index in [4.69, 9.17) is 17.3 Å². The first-order valence-electron chi connectivity index (χ1n) is 10.1. The Kier molecular flexibility index (Phi) is 3.77. The third-order valence-electron chi connectivity index (χ3n) is 7.97. The molecule has 0 radical (unpaired) electrons. The standard InChI is InChI=1S/C21H26ClN3O2/c22-15-3-1-2-14(12-15)16-4-11-24-17(16)13-25(19(24)27)21-8-5-20(6-9-21,7-10-21)18(23)26/h1-3,12,16-17H,4-11,13H2,(H2,23,26)/t16-,17?,20?,21?/m1/s1. The molecule has 5 nitrogen and oxygen atoms in total. The molecule has 1 unspecified atom stereocenters. The third kappa shape index (κ3) is 2.43. The van der Waals surface area contributed by atoms with Crippen LogP contribution in [0.3, 0.4) is 0 Å². The van der Waals surface area contributed by atoms with Crippen molar-refractivity contribution in [1.29, 1.82) is 0 Å². The Morgan fingerprint density at radius 3 is 2.48 bits per heavy atom. The third-order valence-corrected chi connectivity index (χ3v) is 8.21. The van der Waals surface area contributed by atoms with Crippen LogP contribution in [0.25, 0.3) is 0 Å². The summed E-state index contributed by atoms with van der Waals surface area (Å²) >= 11 is 6.21. The van der Waals surface area contributed by atoms with Crippen molar-refractivity contribution in [3.05, 3.63) is 34.9 Å². The van der Waals surface area contributed by atoms with Crippen molar-refractivity contribution in [2.75, 3.05) is 13.1 Å². The molecule has 5 aliphatic rings. The molecule has 2 bridgehead atoms. The molecule has 6 heteroatoms. The molecule has 2 atom stereocenters. The summed E-state index contributed by atoms with van der Waals surface area (Å²) in [6, 6.07) is 8.50. The van der Waals surface area contributed by atoms with E-state index in [9.17, 15) is 9.59 Å². The van der Waals surface area contributed by atoms with Gasteiger partial charge in [0.15, 0.2) is 0 Å². The van der Waals surface area contributed by atoms with Crippen molar-refractivity contribution in [2.45, 2.75) is 62.4 Å². The first kappa shape index (κ1) is 17.4. The highest BCUT2D eigenvalue weighted by Crippen LogP contribution is 2.56. The van der Waals surface area contributed by atoms with Crippen molar-refractivity contribution in [1.82, 2.24) is 9.80 Å². The summed E-state index contributed by atoms with van der Waals surface area (Å²) in [7, 11) is 0. The van der Waals surface area contributed by atoms with Gasteiger partial charge in [0.25, 0.3) is 0 Å². The zero-order chi connectivity index (χ0) is 18.8. The Bertz CT molecular complexity index is 786. The zero-order valence-corrected chi connectivity index (χ0v) is 16.3. The van der Waals surface area contributed by atoms with Gasteiger partial charge in [0.2, 0.25) is 5.91 Å². The number of carbonyl (C=O) groups excluding carboxylic acids is 2. The van der Waals surface area contributed by atoms with Gasteiger partial charge in [-0.05, 0) is 62.6 Å². The number of hydrogen-bond acceptors (Lipinski definition) is 2. The maximum atomic E-state index is 13.3. The lowest BCUT2D eigenvalue weighted by molar-refractivity contribution is -0.137. The van der Waals surface area contributed by atoms with E-state index in [1.54, 1.807) is 0 Å². The summed E-state index contributed by atoms with van der Waals surface area (Å²) in [5.74, 6) is 0.205. The van der Waals surface area contributed by atoms with Gasteiger partial charge >= 0.3 is 6.03 Å². The molecule has 2 saturated heterocycles. The highest BCUT2D eigenvalue weighted by molar-refractivity contribution is 6.30. The van der Waals surface area contributed by atoms with Gasteiger partial charge in [0, 0.05) is 35.0 Å². The van der Waals surface area contributed by atoms with Gasteiger partial charge in [0.05, 0.1) is 6.04 Å². The summed E-state index contributed by atoms with van der Waals surface area (Å²) in [5.41, 5.74) is 6.54. The molecule has 2 heterocycles. The number of rotatable bonds is 3. The lowest BCUT2D eigenvalue weighted by Crippen LogP contribution is -2.60. The Labute approximate surface area is 164 Å². The summed E-state index contributed by atoms with van der Waals surface area (Å²) in [6.07, 6.45) is 6.21. The van der Waals surface area contributed by atoms with Crippen molar-refractivity contribution in [3.8, 4) is 0 Å². The van der Waals surface area contributed by atoms with Gasteiger partial charge in [0.1, 0.15) is 0 Å². The Morgan fingerprint density at radius 2 is 1.85 bits per heavy atom. The minimum absolute atomic E-state index is 0.0719. The quantitative estimate of drug-likeness (QED) is 0.862. The Hall–Kier alpha value is -1.75. The second-order valence-electron chi connectivity index (χ2n) is 8.97. The molecule has 2 N–H and O–H groups in total. The van der Waals surface area contributed by atoms with Crippen LogP contribution in [-0.2, 0) is 4.79 Å². The molecule has 27 heavy (non-hydrogen) atoms. The highest BCUT2D eigenvalue weighted by Gasteiger charge is 2.58. The van der Waals surface area contributed by atoms with E-state index in [2.05, 4.69) is 15.9 Å². The molecule has 1 aromatic carbocycles. The maximum absolute atomic E-state index is 13.3. The number of carbonyl (C=O) groups is 2. The molecule has 3 aliphatic carbocycles. The molecule has 6 rings (SSSR count). The van der Waals surface area contributed by atoms with Crippen LogP contribution >= 0.6 is 11.6 Å². The summed E-state index contributed by atoms with van der Waals surface area (Å²) < 4.78 is 0. The number of nitrogens with zero attached hydrogens (tertiary/aromatic N) is 2. The fraction of sp³-hybridized carbons (Fsp3) is 0.619. The molecule has 3 amide bonds. The molecule has 144 valence electrons.